The van der Waals surface area contributed by atoms with E-state index in [0.29, 0.717) is 17.3 Å². The van der Waals surface area contributed by atoms with Gasteiger partial charge in [-0.05, 0) is 12.5 Å². The van der Waals surface area contributed by atoms with Gasteiger partial charge in [0.2, 0.25) is 0 Å². The predicted molar refractivity (Wildman–Crippen MR) is 54.4 cm³/mol. The summed E-state index contributed by atoms with van der Waals surface area (Å²) in [6, 6.07) is 1.73. The second-order valence-electron chi connectivity index (χ2n) is 2.54. The second-order valence-corrected chi connectivity index (χ2v) is 2.98. The topological polar surface area (TPSA) is 59.1 Å². The van der Waals surface area contributed by atoms with Crippen molar-refractivity contribution in [2.75, 3.05) is 12.3 Å². The monoisotopic (exact) mass is 198 g/mol. The Bertz CT molecular complexity index is 312. The minimum absolute atomic E-state index is 0.129. The first-order valence-electron chi connectivity index (χ1n) is 3.92. The zero-order valence-corrected chi connectivity index (χ0v) is 7.83. The molecule has 4 heteroatoms. The Morgan fingerprint density at radius 3 is 3.08 bits per heavy atom. The van der Waals surface area contributed by atoms with Gasteiger partial charge in [-0.25, -0.2) is 4.98 Å². The van der Waals surface area contributed by atoms with Gasteiger partial charge in [0.15, 0.2) is 0 Å². The highest BCUT2D eigenvalue weighted by atomic mass is 35.5. The van der Waals surface area contributed by atoms with Crippen molar-refractivity contribution < 1.29 is 5.11 Å². The molecule has 0 aliphatic rings. The molecule has 1 aromatic heterocycles. The van der Waals surface area contributed by atoms with Crippen LogP contribution >= 0.6 is 11.6 Å². The van der Waals surface area contributed by atoms with E-state index in [1.165, 1.54) is 6.20 Å². The van der Waals surface area contributed by atoms with Crippen LogP contribution in [-0.2, 0) is 0 Å². The predicted octanol–water partition coefficient (Wildman–Crippen LogP) is 1.71. The summed E-state index contributed by atoms with van der Waals surface area (Å²) in [7, 11) is 0. The number of nitrogens with zero attached hydrogens (tertiary/aromatic N) is 1. The molecule has 0 bridgehead atoms. The van der Waals surface area contributed by atoms with Crippen molar-refractivity contribution >= 4 is 23.5 Å². The van der Waals surface area contributed by atoms with Gasteiger partial charge in [-0.3, -0.25) is 0 Å². The first-order valence-corrected chi connectivity index (χ1v) is 4.30. The quantitative estimate of drug-likeness (QED) is 0.778. The van der Waals surface area contributed by atoms with E-state index >= 15 is 0 Å². The van der Waals surface area contributed by atoms with E-state index in [-0.39, 0.29) is 6.61 Å². The van der Waals surface area contributed by atoms with E-state index in [4.69, 9.17) is 22.4 Å². The summed E-state index contributed by atoms with van der Waals surface area (Å²) in [5.74, 6) is 0.443. The largest absolute Gasteiger partial charge is 0.396 e. The normalized spacial score (nSPS) is 10.9. The van der Waals surface area contributed by atoms with E-state index in [9.17, 15) is 0 Å². The Hall–Kier alpha value is -1.06. The lowest BCUT2D eigenvalue weighted by atomic mass is 10.2. The van der Waals surface area contributed by atoms with Gasteiger partial charge in [-0.1, -0.05) is 23.8 Å². The van der Waals surface area contributed by atoms with Crippen LogP contribution in [0.15, 0.2) is 18.3 Å². The Morgan fingerprint density at radius 2 is 2.38 bits per heavy atom. The molecule has 0 aliphatic carbocycles. The first kappa shape index (κ1) is 10.0. The number of nitrogen functional groups attached to an aromatic ring is 1. The third kappa shape index (κ3) is 3.05. The first-order chi connectivity index (χ1) is 6.24. The minimum atomic E-state index is 0.129. The maximum Gasteiger partial charge on any atom is 0.130 e. The number of aliphatic hydroxyl groups excluding tert-OH is 1. The Labute approximate surface area is 81.9 Å². The Morgan fingerprint density at radius 1 is 1.62 bits per heavy atom. The molecule has 0 aliphatic heterocycles. The van der Waals surface area contributed by atoms with E-state index in [2.05, 4.69) is 4.98 Å². The molecule has 0 unspecified atom stereocenters. The lowest BCUT2D eigenvalue weighted by molar-refractivity contribution is 0.303. The smallest absolute Gasteiger partial charge is 0.130 e. The minimum Gasteiger partial charge on any atom is -0.396 e. The fourth-order valence-corrected chi connectivity index (χ4v) is 1.05. The van der Waals surface area contributed by atoms with Gasteiger partial charge in [-0.15, -0.1) is 0 Å². The molecule has 0 fully saturated rings. The molecular weight excluding hydrogens is 188 g/mol. The van der Waals surface area contributed by atoms with Crippen LogP contribution in [0.1, 0.15) is 12.0 Å². The van der Waals surface area contributed by atoms with Crippen LogP contribution in [-0.4, -0.2) is 16.7 Å². The van der Waals surface area contributed by atoms with Crippen molar-refractivity contribution in [3.8, 4) is 0 Å². The highest BCUT2D eigenvalue weighted by molar-refractivity contribution is 6.30. The molecular formula is C9H11ClN2O. The summed E-state index contributed by atoms with van der Waals surface area (Å²) in [5.41, 5.74) is 6.37. The van der Waals surface area contributed by atoms with Crippen molar-refractivity contribution in [2.45, 2.75) is 6.42 Å². The second kappa shape index (κ2) is 4.84. The van der Waals surface area contributed by atoms with Crippen LogP contribution in [0.3, 0.4) is 0 Å². The standard InChI is InChI=1S/C9H11ClN2O/c10-8-5-7(3-1-2-4-13)9(11)12-6-8/h1,3,5-6,13H,2,4H2,(H2,11,12). The summed E-state index contributed by atoms with van der Waals surface area (Å²) in [5, 5.41) is 9.10. The molecule has 13 heavy (non-hydrogen) atoms. The average Bonchev–Trinajstić information content (AvgIpc) is 2.11. The van der Waals surface area contributed by atoms with E-state index in [1.807, 2.05) is 6.08 Å². The fraction of sp³-hybridized carbons (Fsp3) is 0.222. The maximum absolute atomic E-state index is 8.54. The number of aliphatic hydroxyl groups is 1. The van der Waals surface area contributed by atoms with Crippen LogP contribution < -0.4 is 5.73 Å². The number of hydrogen-bond donors (Lipinski definition) is 2. The summed E-state index contributed by atoms with van der Waals surface area (Å²) < 4.78 is 0. The van der Waals surface area contributed by atoms with E-state index in [1.54, 1.807) is 12.1 Å². The SMILES string of the molecule is Nc1ncc(Cl)cc1C=CCCO. The van der Waals surface area contributed by atoms with Gasteiger partial charge in [0.1, 0.15) is 5.82 Å². The Balaban J connectivity index is 2.81. The number of aromatic nitrogens is 1. The lowest BCUT2D eigenvalue weighted by Crippen LogP contribution is -1.92. The molecule has 1 aromatic rings. The number of rotatable bonds is 3. The van der Waals surface area contributed by atoms with Gasteiger partial charge in [0.05, 0.1) is 5.02 Å². The molecule has 0 aromatic carbocycles. The van der Waals surface area contributed by atoms with Crippen molar-refractivity contribution in [2.24, 2.45) is 0 Å². The summed E-state index contributed by atoms with van der Waals surface area (Å²) in [6.07, 6.45) is 5.72. The van der Waals surface area contributed by atoms with E-state index < -0.39 is 0 Å². The molecule has 0 radical (unpaired) electrons. The van der Waals surface area contributed by atoms with Crippen molar-refractivity contribution in [3.63, 3.8) is 0 Å². The highest BCUT2D eigenvalue weighted by Gasteiger charge is 1.96. The maximum atomic E-state index is 8.54. The van der Waals surface area contributed by atoms with Crippen LogP contribution in [0, 0.1) is 0 Å². The average molecular weight is 199 g/mol. The summed E-state index contributed by atoms with van der Waals surface area (Å²) in [6.45, 7) is 0.129. The van der Waals surface area contributed by atoms with Gasteiger partial charge in [-0.2, -0.15) is 0 Å². The lowest BCUT2D eigenvalue weighted by Gasteiger charge is -1.98. The molecule has 1 heterocycles. The zero-order valence-electron chi connectivity index (χ0n) is 7.07. The van der Waals surface area contributed by atoms with Crippen molar-refractivity contribution in [1.82, 2.24) is 4.98 Å². The Kier molecular flexibility index (Phi) is 3.73. The molecule has 0 atom stereocenters. The van der Waals surface area contributed by atoms with Gasteiger partial charge < -0.3 is 10.8 Å². The van der Waals surface area contributed by atoms with Crippen LogP contribution in [0.25, 0.3) is 6.08 Å². The van der Waals surface area contributed by atoms with Gasteiger partial charge in [0.25, 0.3) is 0 Å². The van der Waals surface area contributed by atoms with Gasteiger partial charge >= 0.3 is 0 Å². The number of pyridine rings is 1. The molecule has 1 rings (SSSR count). The third-order valence-electron chi connectivity index (χ3n) is 1.51. The van der Waals surface area contributed by atoms with Crippen molar-refractivity contribution in [3.05, 3.63) is 28.9 Å². The molecule has 0 saturated carbocycles. The fourth-order valence-electron chi connectivity index (χ4n) is 0.884. The molecule has 0 amide bonds. The van der Waals surface area contributed by atoms with Crippen molar-refractivity contribution in [1.29, 1.82) is 0 Å². The van der Waals surface area contributed by atoms with Crippen LogP contribution in [0.2, 0.25) is 5.02 Å². The molecule has 70 valence electrons. The summed E-state index contributed by atoms with van der Waals surface area (Å²) in [4.78, 5) is 3.89. The number of anilines is 1. The number of nitrogens with two attached hydrogens (primary N) is 1. The summed E-state index contributed by atoms with van der Waals surface area (Å²) >= 11 is 5.73. The van der Waals surface area contributed by atoms with Crippen LogP contribution in [0.5, 0.6) is 0 Å². The zero-order chi connectivity index (χ0) is 9.68. The van der Waals surface area contributed by atoms with E-state index in [0.717, 1.165) is 5.56 Å². The van der Waals surface area contributed by atoms with Gasteiger partial charge in [0, 0.05) is 18.4 Å². The third-order valence-corrected chi connectivity index (χ3v) is 1.72. The number of hydrogen-bond acceptors (Lipinski definition) is 3. The molecule has 0 saturated heterocycles. The molecule has 3 N–H and O–H groups in total. The molecule has 0 spiro atoms. The molecule has 3 nitrogen and oxygen atoms in total. The highest BCUT2D eigenvalue weighted by Crippen LogP contribution is 2.16. The van der Waals surface area contributed by atoms with Crippen LogP contribution in [0.4, 0.5) is 5.82 Å². The number of halogens is 1.